The molecule has 3 aromatic rings. The van der Waals surface area contributed by atoms with E-state index in [4.69, 9.17) is 28.5 Å². The first-order valence-electron chi connectivity index (χ1n) is 5.90. The van der Waals surface area contributed by atoms with Crippen LogP contribution in [0.2, 0.25) is 10.2 Å². The summed E-state index contributed by atoms with van der Waals surface area (Å²) in [6.07, 6.45) is 7.90. The Kier molecular flexibility index (Phi) is 3.57. The molecule has 0 fully saturated rings. The summed E-state index contributed by atoms with van der Waals surface area (Å²) in [6.45, 7) is 0. The van der Waals surface area contributed by atoms with Gasteiger partial charge in [0.15, 0.2) is 0 Å². The maximum absolute atomic E-state index is 8.59. The van der Waals surface area contributed by atoms with Crippen LogP contribution in [-0.2, 0) is 0 Å². The third-order valence-electron chi connectivity index (χ3n) is 2.83. The highest BCUT2D eigenvalue weighted by atomic mass is 35.5. The molecule has 0 unspecified atom stereocenters. The predicted octanol–water partition coefficient (Wildman–Crippen LogP) is 3.66. The van der Waals surface area contributed by atoms with Gasteiger partial charge in [0.1, 0.15) is 11.5 Å². The van der Waals surface area contributed by atoms with E-state index in [1.807, 2.05) is 6.07 Å². The molecule has 7 heteroatoms. The Morgan fingerprint density at radius 3 is 2.81 bits per heavy atom. The predicted molar refractivity (Wildman–Crippen MR) is 81.3 cm³/mol. The Morgan fingerprint density at radius 2 is 2.10 bits per heavy atom. The Balaban J connectivity index is 2.21. The van der Waals surface area contributed by atoms with Crippen molar-refractivity contribution in [3.8, 4) is 12.0 Å². The zero-order chi connectivity index (χ0) is 14.8. The van der Waals surface area contributed by atoms with Crippen LogP contribution in [0.3, 0.4) is 0 Å². The van der Waals surface area contributed by atoms with Crippen LogP contribution in [0.15, 0.2) is 36.9 Å². The largest absolute Gasteiger partial charge is 0.274 e. The quantitative estimate of drug-likeness (QED) is 0.534. The standard InChI is InChI=1S/C14H7Cl2N5/c15-11-7-12-10(6-9(11)2-1-3-17)13(16)20-14(19-12)21-5-4-18-8-21/h1-2,4-8H/b2-1+. The Morgan fingerprint density at radius 1 is 1.24 bits per heavy atom. The zero-order valence-electron chi connectivity index (χ0n) is 10.5. The summed E-state index contributed by atoms with van der Waals surface area (Å²) in [6, 6.07) is 5.37. The van der Waals surface area contributed by atoms with Crippen LogP contribution >= 0.6 is 23.2 Å². The minimum atomic E-state index is 0.312. The lowest BCUT2D eigenvalue weighted by atomic mass is 10.1. The fourth-order valence-corrected chi connectivity index (χ4v) is 2.31. The number of nitrogens with zero attached hydrogens (tertiary/aromatic N) is 5. The summed E-state index contributed by atoms with van der Waals surface area (Å²) in [5.74, 6) is 0.418. The lowest BCUT2D eigenvalue weighted by Crippen LogP contribution is -1.99. The minimum Gasteiger partial charge on any atom is -0.274 e. The normalized spacial score (nSPS) is 11.1. The van der Waals surface area contributed by atoms with Gasteiger partial charge in [-0.05, 0) is 23.8 Å². The number of hydrogen-bond acceptors (Lipinski definition) is 4. The van der Waals surface area contributed by atoms with Gasteiger partial charge in [0.05, 0.1) is 16.6 Å². The van der Waals surface area contributed by atoms with E-state index in [-0.39, 0.29) is 0 Å². The molecule has 21 heavy (non-hydrogen) atoms. The number of rotatable bonds is 2. The van der Waals surface area contributed by atoms with Crippen molar-refractivity contribution in [3.63, 3.8) is 0 Å². The Hall–Kier alpha value is -2.42. The maximum atomic E-state index is 8.59. The molecule has 0 saturated heterocycles. The molecule has 0 radical (unpaired) electrons. The number of halogens is 2. The minimum absolute atomic E-state index is 0.312. The molecule has 0 aliphatic rings. The van der Waals surface area contributed by atoms with Crippen LogP contribution in [0.4, 0.5) is 0 Å². The lowest BCUT2D eigenvalue weighted by molar-refractivity contribution is 0.941. The van der Waals surface area contributed by atoms with Crippen LogP contribution in [0.1, 0.15) is 5.56 Å². The van der Waals surface area contributed by atoms with Crippen molar-refractivity contribution in [2.75, 3.05) is 0 Å². The lowest BCUT2D eigenvalue weighted by Gasteiger charge is -2.07. The summed E-state index contributed by atoms with van der Waals surface area (Å²) in [7, 11) is 0. The van der Waals surface area contributed by atoms with Gasteiger partial charge in [0, 0.05) is 23.9 Å². The molecule has 0 spiro atoms. The topological polar surface area (TPSA) is 67.4 Å². The first-order chi connectivity index (χ1) is 10.2. The molecule has 0 aliphatic carbocycles. The van der Waals surface area contributed by atoms with Gasteiger partial charge in [-0.2, -0.15) is 10.2 Å². The second-order valence-electron chi connectivity index (χ2n) is 4.14. The first-order valence-corrected chi connectivity index (χ1v) is 6.66. The molecular formula is C14H7Cl2N5. The molecule has 3 rings (SSSR count). The fourth-order valence-electron chi connectivity index (χ4n) is 1.87. The van der Waals surface area contributed by atoms with Gasteiger partial charge in [-0.25, -0.2) is 9.97 Å². The van der Waals surface area contributed by atoms with Gasteiger partial charge in [-0.1, -0.05) is 23.2 Å². The van der Waals surface area contributed by atoms with Crippen molar-refractivity contribution in [1.82, 2.24) is 19.5 Å². The van der Waals surface area contributed by atoms with Gasteiger partial charge in [-0.15, -0.1) is 0 Å². The van der Waals surface area contributed by atoms with Crippen molar-refractivity contribution < 1.29 is 0 Å². The number of nitriles is 1. The van der Waals surface area contributed by atoms with Gasteiger partial charge in [0.25, 0.3) is 0 Å². The van der Waals surface area contributed by atoms with Crippen LogP contribution in [0, 0.1) is 11.3 Å². The monoisotopic (exact) mass is 315 g/mol. The summed E-state index contributed by atoms with van der Waals surface area (Å²) in [5.41, 5.74) is 1.31. The molecule has 0 saturated carbocycles. The van der Waals surface area contributed by atoms with E-state index in [2.05, 4.69) is 15.0 Å². The number of imidazole rings is 1. The van der Waals surface area contributed by atoms with Crippen LogP contribution in [0.25, 0.3) is 22.9 Å². The van der Waals surface area contributed by atoms with E-state index in [1.165, 1.54) is 6.08 Å². The Bertz CT molecular complexity index is 879. The van der Waals surface area contributed by atoms with Crippen molar-refractivity contribution in [3.05, 3.63) is 52.7 Å². The van der Waals surface area contributed by atoms with E-state index in [1.54, 1.807) is 41.5 Å². The SMILES string of the molecule is N#C/C=C/c1cc2c(Cl)nc(-n3ccnc3)nc2cc1Cl. The zero-order valence-corrected chi connectivity index (χ0v) is 12.0. The fraction of sp³-hybridized carbons (Fsp3) is 0. The summed E-state index contributed by atoms with van der Waals surface area (Å²) < 4.78 is 1.66. The van der Waals surface area contributed by atoms with Crippen LogP contribution in [-0.4, -0.2) is 19.5 Å². The number of hydrogen-bond donors (Lipinski definition) is 0. The molecule has 0 atom stereocenters. The highest BCUT2D eigenvalue weighted by Crippen LogP contribution is 2.28. The highest BCUT2D eigenvalue weighted by molar-refractivity contribution is 6.36. The average molecular weight is 316 g/mol. The second kappa shape index (κ2) is 5.52. The van der Waals surface area contributed by atoms with E-state index < -0.39 is 0 Å². The second-order valence-corrected chi connectivity index (χ2v) is 4.90. The molecule has 0 N–H and O–H groups in total. The number of fused-ring (bicyclic) bond motifs is 1. The molecule has 0 amide bonds. The summed E-state index contributed by atoms with van der Waals surface area (Å²) in [4.78, 5) is 12.6. The maximum Gasteiger partial charge on any atom is 0.236 e. The molecular weight excluding hydrogens is 309 g/mol. The number of benzene rings is 1. The van der Waals surface area contributed by atoms with E-state index in [0.29, 0.717) is 32.6 Å². The first kappa shape index (κ1) is 13.6. The molecule has 1 aromatic carbocycles. The van der Waals surface area contributed by atoms with Gasteiger partial charge in [-0.3, -0.25) is 4.57 Å². The number of aromatic nitrogens is 4. The van der Waals surface area contributed by atoms with Gasteiger partial charge in [0.2, 0.25) is 5.95 Å². The van der Waals surface area contributed by atoms with Gasteiger partial charge >= 0.3 is 0 Å². The van der Waals surface area contributed by atoms with Crippen molar-refractivity contribution >= 4 is 40.2 Å². The van der Waals surface area contributed by atoms with Crippen molar-refractivity contribution in [2.24, 2.45) is 0 Å². The molecule has 2 heterocycles. The third kappa shape index (κ3) is 2.59. The summed E-state index contributed by atoms with van der Waals surface area (Å²) >= 11 is 12.4. The third-order valence-corrected chi connectivity index (χ3v) is 3.44. The molecule has 0 aliphatic heterocycles. The van der Waals surface area contributed by atoms with Gasteiger partial charge < -0.3 is 0 Å². The molecule has 2 aromatic heterocycles. The number of allylic oxidation sites excluding steroid dienone is 1. The van der Waals surface area contributed by atoms with E-state index in [9.17, 15) is 0 Å². The smallest absolute Gasteiger partial charge is 0.236 e. The average Bonchev–Trinajstić information content (AvgIpc) is 2.99. The molecule has 0 bridgehead atoms. The molecule has 5 nitrogen and oxygen atoms in total. The van der Waals surface area contributed by atoms with Crippen molar-refractivity contribution in [1.29, 1.82) is 5.26 Å². The summed E-state index contributed by atoms with van der Waals surface area (Å²) in [5, 5.41) is 10.1. The van der Waals surface area contributed by atoms with Crippen LogP contribution in [0.5, 0.6) is 0 Å². The van der Waals surface area contributed by atoms with Crippen LogP contribution < -0.4 is 0 Å². The van der Waals surface area contributed by atoms with E-state index >= 15 is 0 Å². The van der Waals surface area contributed by atoms with Crippen molar-refractivity contribution in [2.45, 2.75) is 0 Å². The molecule has 102 valence electrons. The Labute approximate surface area is 130 Å². The van der Waals surface area contributed by atoms with E-state index in [0.717, 1.165) is 0 Å². The highest BCUT2D eigenvalue weighted by Gasteiger charge is 2.10.